The number of likely N-dealkylation sites (tertiary alicyclic amines) is 1. The van der Waals surface area contributed by atoms with Crippen molar-refractivity contribution < 1.29 is 33.8 Å². The van der Waals surface area contributed by atoms with Crippen LogP contribution >= 0.6 is 0 Å². The summed E-state index contributed by atoms with van der Waals surface area (Å²) in [7, 11) is 0. The van der Waals surface area contributed by atoms with Gasteiger partial charge in [0.1, 0.15) is 11.2 Å². The van der Waals surface area contributed by atoms with Gasteiger partial charge in [-0.1, -0.05) is 0 Å². The van der Waals surface area contributed by atoms with E-state index in [1.807, 2.05) is 32.6 Å². The zero-order valence-corrected chi connectivity index (χ0v) is 20.7. The summed E-state index contributed by atoms with van der Waals surface area (Å²) in [6.45, 7) is 15.8. The summed E-state index contributed by atoms with van der Waals surface area (Å²) >= 11 is 0. The molecule has 0 aromatic rings. The quantitative estimate of drug-likeness (QED) is 0.555. The third kappa shape index (κ3) is 16.2. The van der Waals surface area contributed by atoms with Crippen LogP contribution < -0.4 is 10.6 Å². The first-order valence-electron chi connectivity index (χ1n) is 11.0. The van der Waals surface area contributed by atoms with Crippen molar-refractivity contribution in [2.75, 3.05) is 13.1 Å². The number of amides is 3. The summed E-state index contributed by atoms with van der Waals surface area (Å²) in [4.78, 5) is 46.6. The maximum Gasteiger partial charge on any atom is 0.407 e. The normalized spacial score (nSPS) is 15.6. The Morgan fingerprint density at radius 1 is 0.812 bits per heavy atom. The van der Waals surface area contributed by atoms with Crippen molar-refractivity contribution in [3.05, 3.63) is 0 Å². The molecule has 186 valence electrons. The number of nitrogens with zero attached hydrogens (tertiary/aromatic N) is 1. The van der Waals surface area contributed by atoms with Gasteiger partial charge in [-0.15, -0.1) is 0 Å². The lowest BCUT2D eigenvalue weighted by Gasteiger charge is -2.23. The molecule has 0 aliphatic carbocycles. The number of carboxylic acids is 1. The van der Waals surface area contributed by atoms with Crippen molar-refractivity contribution in [3.8, 4) is 0 Å². The highest BCUT2D eigenvalue weighted by molar-refractivity contribution is 5.78. The molecule has 3 amide bonds. The number of alkyl carbamates (subject to hydrolysis) is 2. The van der Waals surface area contributed by atoms with Gasteiger partial charge in [-0.25, -0.2) is 9.59 Å². The summed E-state index contributed by atoms with van der Waals surface area (Å²) in [6, 6.07) is -0.629. The Kier molecular flexibility index (Phi) is 12.1. The van der Waals surface area contributed by atoms with Crippen LogP contribution in [0.5, 0.6) is 0 Å². The number of hydrogen-bond acceptors (Lipinski definition) is 6. The van der Waals surface area contributed by atoms with Gasteiger partial charge in [-0.3, -0.25) is 9.59 Å². The van der Waals surface area contributed by atoms with Crippen molar-refractivity contribution in [2.45, 2.75) is 104 Å². The predicted octanol–water partition coefficient (Wildman–Crippen LogP) is 3.29. The molecule has 32 heavy (non-hydrogen) atoms. The second kappa shape index (κ2) is 13.1. The maximum atomic E-state index is 11.9. The minimum absolute atomic E-state index is 0.107. The summed E-state index contributed by atoms with van der Waals surface area (Å²) < 4.78 is 10.1. The lowest BCUT2D eigenvalue weighted by molar-refractivity contribution is -0.137. The van der Waals surface area contributed by atoms with Crippen LogP contribution in [0.3, 0.4) is 0 Å². The third-order valence-corrected chi connectivity index (χ3v) is 3.95. The molecule has 0 spiro atoms. The molecular formula is C22H41N3O7. The molecule has 1 aliphatic rings. The highest BCUT2D eigenvalue weighted by atomic mass is 16.6. The van der Waals surface area contributed by atoms with Gasteiger partial charge < -0.3 is 30.1 Å². The van der Waals surface area contributed by atoms with E-state index in [4.69, 9.17) is 14.6 Å². The second-order valence-corrected chi connectivity index (χ2v) is 9.98. The number of carbonyl (C=O) groups is 4. The van der Waals surface area contributed by atoms with Crippen LogP contribution in [0.1, 0.15) is 81.1 Å². The van der Waals surface area contributed by atoms with E-state index in [0.29, 0.717) is 6.42 Å². The number of carbonyl (C=O) groups excluding carboxylic acids is 3. The fourth-order valence-corrected chi connectivity index (χ4v) is 2.74. The predicted molar refractivity (Wildman–Crippen MR) is 120 cm³/mol. The summed E-state index contributed by atoms with van der Waals surface area (Å²) in [6.07, 6.45) is 1.33. The molecule has 0 aromatic heterocycles. The van der Waals surface area contributed by atoms with Crippen molar-refractivity contribution in [2.24, 2.45) is 0 Å². The van der Waals surface area contributed by atoms with Crippen LogP contribution in [0.2, 0.25) is 0 Å². The van der Waals surface area contributed by atoms with Crippen LogP contribution in [-0.2, 0) is 19.1 Å². The lowest BCUT2D eigenvalue weighted by Crippen LogP contribution is -2.40. The Morgan fingerprint density at radius 2 is 1.19 bits per heavy atom. The highest BCUT2D eigenvalue weighted by Gasteiger charge is 2.22. The van der Waals surface area contributed by atoms with E-state index < -0.39 is 35.4 Å². The van der Waals surface area contributed by atoms with Crippen LogP contribution in [0.25, 0.3) is 0 Å². The Balaban J connectivity index is 0.000000622. The Morgan fingerprint density at radius 3 is 1.53 bits per heavy atom. The maximum absolute atomic E-state index is 11.9. The molecule has 0 aromatic carbocycles. The Hall–Kier alpha value is -2.52. The molecule has 0 unspecified atom stereocenters. The molecule has 0 bridgehead atoms. The number of aliphatic carboxylic acids is 1. The van der Waals surface area contributed by atoms with Gasteiger partial charge in [0, 0.05) is 31.6 Å². The number of carboxylic acid groups (broad SMARTS) is 1. The molecule has 0 radical (unpaired) electrons. The van der Waals surface area contributed by atoms with Gasteiger partial charge in [-0.05, 0) is 68.2 Å². The Labute approximate surface area is 191 Å². The third-order valence-electron chi connectivity index (χ3n) is 3.95. The summed E-state index contributed by atoms with van der Waals surface area (Å²) in [5.74, 6) is -0.843. The Bertz CT molecular complexity index is 632. The van der Waals surface area contributed by atoms with Gasteiger partial charge in [0.2, 0.25) is 5.91 Å². The van der Waals surface area contributed by atoms with Crippen LogP contribution in [0.15, 0.2) is 0 Å². The van der Waals surface area contributed by atoms with Gasteiger partial charge in [0.05, 0.1) is 6.42 Å². The monoisotopic (exact) mass is 459 g/mol. The van der Waals surface area contributed by atoms with Crippen molar-refractivity contribution in [1.82, 2.24) is 15.5 Å². The zero-order valence-electron chi connectivity index (χ0n) is 20.7. The lowest BCUT2D eigenvalue weighted by atomic mass is 10.2. The molecule has 10 nitrogen and oxygen atoms in total. The van der Waals surface area contributed by atoms with E-state index in [-0.39, 0.29) is 18.4 Å². The average Bonchev–Trinajstić information content (AvgIpc) is 3.04. The molecule has 0 saturated carbocycles. The number of nitrogens with one attached hydrogen (secondary N) is 2. The zero-order chi connectivity index (χ0) is 25.1. The van der Waals surface area contributed by atoms with Gasteiger partial charge >= 0.3 is 18.2 Å². The second-order valence-electron chi connectivity index (χ2n) is 9.98. The van der Waals surface area contributed by atoms with Gasteiger partial charge in [-0.2, -0.15) is 0 Å². The van der Waals surface area contributed by atoms with Crippen LogP contribution in [0.4, 0.5) is 9.59 Å². The van der Waals surface area contributed by atoms with E-state index in [1.54, 1.807) is 27.7 Å². The highest BCUT2D eigenvalue weighted by Crippen LogP contribution is 2.11. The largest absolute Gasteiger partial charge is 0.481 e. The smallest absolute Gasteiger partial charge is 0.407 e. The first-order valence-corrected chi connectivity index (χ1v) is 11.0. The number of hydrogen-bond donors (Lipinski definition) is 3. The van der Waals surface area contributed by atoms with Crippen molar-refractivity contribution >= 4 is 24.1 Å². The molecular weight excluding hydrogens is 418 g/mol. The van der Waals surface area contributed by atoms with E-state index in [2.05, 4.69) is 10.6 Å². The SMILES string of the molecule is C[C@H](CC(=O)N1CCCC1)NC(=O)OC(C)(C)C.C[C@H](CC(=O)O)NC(=O)OC(C)(C)C. The van der Waals surface area contributed by atoms with E-state index >= 15 is 0 Å². The van der Waals surface area contributed by atoms with Crippen molar-refractivity contribution in [3.63, 3.8) is 0 Å². The molecule has 1 aliphatic heterocycles. The standard InChI is InChI=1S/C13H24N2O3.C9H17NO4/c1-10(14-12(17)18-13(2,3)4)9-11(16)15-7-5-6-8-15;1-6(5-7(11)12)10-8(13)14-9(2,3)4/h10H,5-9H2,1-4H3,(H,14,17);6H,5H2,1-4H3,(H,10,13)(H,11,12)/t10-;6-/m11/s1. The number of rotatable bonds is 6. The summed E-state index contributed by atoms with van der Waals surface area (Å²) in [5.41, 5.74) is -1.07. The van der Waals surface area contributed by atoms with Gasteiger partial charge in [0.15, 0.2) is 0 Å². The molecule has 2 atom stereocenters. The van der Waals surface area contributed by atoms with Crippen LogP contribution in [0, 0.1) is 0 Å². The first kappa shape index (κ1) is 29.5. The van der Waals surface area contributed by atoms with E-state index in [0.717, 1.165) is 25.9 Å². The average molecular weight is 460 g/mol. The number of ether oxygens (including phenoxy) is 2. The fraction of sp³-hybridized carbons (Fsp3) is 0.818. The fourth-order valence-electron chi connectivity index (χ4n) is 2.74. The molecule has 1 heterocycles. The molecule has 1 fully saturated rings. The topological polar surface area (TPSA) is 134 Å². The minimum Gasteiger partial charge on any atom is -0.481 e. The molecule has 10 heteroatoms. The molecule has 1 rings (SSSR count). The van der Waals surface area contributed by atoms with Crippen molar-refractivity contribution in [1.29, 1.82) is 0 Å². The first-order chi connectivity index (χ1) is 14.5. The van der Waals surface area contributed by atoms with Gasteiger partial charge in [0.25, 0.3) is 0 Å². The summed E-state index contributed by atoms with van der Waals surface area (Å²) in [5, 5.41) is 13.5. The van der Waals surface area contributed by atoms with Crippen LogP contribution in [-0.4, -0.2) is 70.4 Å². The minimum atomic E-state index is -0.950. The van der Waals surface area contributed by atoms with E-state index in [1.165, 1.54) is 0 Å². The molecule has 1 saturated heterocycles. The molecule has 3 N–H and O–H groups in total. The van der Waals surface area contributed by atoms with E-state index in [9.17, 15) is 19.2 Å².